The lowest BCUT2D eigenvalue weighted by Crippen LogP contribution is -2.48. The molecule has 4 rings (SSSR count). The highest BCUT2D eigenvalue weighted by atomic mass is 32.2. The van der Waals surface area contributed by atoms with Crippen LogP contribution in [0.2, 0.25) is 0 Å². The number of sulfonamides is 1. The molecule has 38 heavy (non-hydrogen) atoms. The molecule has 1 fully saturated rings. The Bertz CT molecular complexity index is 1350. The van der Waals surface area contributed by atoms with E-state index >= 15 is 0 Å². The molecule has 0 atom stereocenters. The second-order valence-electron chi connectivity index (χ2n) is 9.29. The minimum absolute atomic E-state index is 0.190. The van der Waals surface area contributed by atoms with E-state index in [0.717, 1.165) is 48.4 Å². The van der Waals surface area contributed by atoms with Gasteiger partial charge in [-0.25, -0.2) is 18.4 Å². The fourth-order valence-corrected chi connectivity index (χ4v) is 5.70. The van der Waals surface area contributed by atoms with E-state index in [2.05, 4.69) is 19.9 Å². The number of ether oxygens (including phenoxy) is 1. The summed E-state index contributed by atoms with van der Waals surface area (Å²) in [5, 5.41) is 4.36. The number of alkyl halides is 3. The number of benzene rings is 2. The predicted octanol–water partition coefficient (Wildman–Crippen LogP) is 3.40. The van der Waals surface area contributed by atoms with Gasteiger partial charge < -0.3 is 15.0 Å². The molecule has 0 unspecified atom stereocenters. The van der Waals surface area contributed by atoms with Gasteiger partial charge in [0.15, 0.2) is 0 Å². The van der Waals surface area contributed by atoms with E-state index in [1.165, 1.54) is 16.4 Å². The minimum Gasteiger partial charge on any atom is -0.406 e. The van der Waals surface area contributed by atoms with Crippen molar-refractivity contribution in [2.75, 3.05) is 58.7 Å². The molecule has 0 saturated carbocycles. The smallest absolute Gasteiger partial charge is 0.406 e. The number of nitrogens with zero attached hydrogens (tertiary/aromatic N) is 5. The number of rotatable bonds is 10. The summed E-state index contributed by atoms with van der Waals surface area (Å²) in [6.07, 6.45) is -3.94. The molecule has 1 N–H and O–H groups in total. The van der Waals surface area contributed by atoms with E-state index < -0.39 is 22.1 Å². The first-order valence-electron chi connectivity index (χ1n) is 12.2. The summed E-state index contributed by atoms with van der Waals surface area (Å²) in [5.74, 6) is 0.829. The molecule has 206 valence electrons. The van der Waals surface area contributed by atoms with Crippen LogP contribution in [0.25, 0.3) is 10.9 Å². The lowest BCUT2D eigenvalue weighted by Gasteiger charge is -2.33. The molecule has 0 radical (unpaired) electrons. The van der Waals surface area contributed by atoms with Crippen LogP contribution in [-0.2, 0) is 16.6 Å². The highest BCUT2D eigenvalue weighted by Crippen LogP contribution is 2.27. The number of hydrogen-bond donors (Lipinski definition) is 1. The van der Waals surface area contributed by atoms with Crippen LogP contribution >= 0.6 is 0 Å². The van der Waals surface area contributed by atoms with Crippen LogP contribution in [0.3, 0.4) is 0 Å². The Labute approximate surface area is 220 Å². The average Bonchev–Trinajstić information content (AvgIpc) is 2.86. The van der Waals surface area contributed by atoms with E-state index in [4.69, 9.17) is 9.97 Å². The normalized spacial score (nSPS) is 15.7. The summed E-state index contributed by atoms with van der Waals surface area (Å²) in [6, 6.07) is 12.2. The van der Waals surface area contributed by atoms with Crippen molar-refractivity contribution in [2.24, 2.45) is 0 Å². The van der Waals surface area contributed by atoms with Crippen LogP contribution in [0, 0.1) is 0 Å². The lowest BCUT2D eigenvalue weighted by molar-refractivity contribution is -0.274. The first-order valence-corrected chi connectivity index (χ1v) is 13.7. The molecule has 1 aromatic heterocycles. The maximum atomic E-state index is 13.1. The molecule has 2 heterocycles. The van der Waals surface area contributed by atoms with Gasteiger partial charge >= 0.3 is 6.36 Å². The van der Waals surface area contributed by atoms with Crippen LogP contribution in [-0.4, -0.2) is 92.2 Å². The van der Waals surface area contributed by atoms with E-state index in [1.54, 1.807) is 0 Å². The van der Waals surface area contributed by atoms with E-state index in [0.29, 0.717) is 25.5 Å². The number of fused-ring (bicyclic) bond motifs is 1. The SMILES string of the molecule is CN(C)CCCNc1nc(CN2CCN(S(=O)(=O)c3cccc(OC(F)(F)F)c3)CC2)nc2ccccc12. The second kappa shape index (κ2) is 11.8. The zero-order valence-electron chi connectivity index (χ0n) is 21.3. The lowest BCUT2D eigenvalue weighted by atomic mass is 10.2. The van der Waals surface area contributed by atoms with Crippen molar-refractivity contribution in [3.63, 3.8) is 0 Å². The van der Waals surface area contributed by atoms with Crippen molar-refractivity contribution >= 4 is 26.7 Å². The summed E-state index contributed by atoms with van der Waals surface area (Å²) < 4.78 is 69.0. The van der Waals surface area contributed by atoms with E-state index in [-0.39, 0.29) is 18.0 Å². The number of hydrogen-bond acceptors (Lipinski definition) is 8. The maximum absolute atomic E-state index is 13.1. The standard InChI is InChI=1S/C25H31F3N6O3S/c1-32(2)12-6-11-29-24-21-9-3-4-10-22(21)30-23(31-24)18-33-13-15-34(16-14-33)38(35,36)20-8-5-7-19(17-20)37-25(26,27)28/h3-5,7-10,17H,6,11-16,18H2,1-2H3,(H,29,30,31). The van der Waals surface area contributed by atoms with Crippen LogP contribution in [0.15, 0.2) is 53.4 Å². The van der Waals surface area contributed by atoms with Gasteiger partial charge in [0, 0.05) is 44.2 Å². The van der Waals surface area contributed by atoms with E-state index in [9.17, 15) is 21.6 Å². The number of nitrogens with one attached hydrogen (secondary N) is 1. The number of piperazine rings is 1. The molecule has 0 amide bonds. The fraction of sp³-hybridized carbons (Fsp3) is 0.440. The summed E-state index contributed by atoms with van der Waals surface area (Å²) in [5.41, 5.74) is 0.829. The average molecular weight is 553 g/mol. The molecule has 0 aliphatic carbocycles. The van der Waals surface area contributed by atoms with Crippen LogP contribution < -0.4 is 10.1 Å². The first kappa shape index (κ1) is 28.0. The Kier molecular flexibility index (Phi) is 8.71. The van der Waals surface area contributed by atoms with Crippen molar-refractivity contribution in [1.82, 2.24) is 24.1 Å². The van der Waals surface area contributed by atoms with Gasteiger partial charge in [-0.2, -0.15) is 4.31 Å². The fourth-order valence-electron chi connectivity index (χ4n) is 4.24. The molecule has 3 aromatic rings. The maximum Gasteiger partial charge on any atom is 0.573 e. The van der Waals surface area contributed by atoms with Gasteiger partial charge in [0.05, 0.1) is 17.0 Å². The van der Waals surface area contributed by atoms with Crippen molar-refractivity contribution in [2.45, 2.75) is 24.2 Å². The molecule has 1 aliphatic rings. The number of halogens is 3. The van der Waals surface area contributed by atoms with Gasteiger partial charge in [-0.1, -0.05) is 18.2 Å². The molecule has 0 spiro atoms. The zero-order valence-corrected chi connectivity index (χ0v) is 22.1. The van der Waals surface area contributed by atoms with Crippen molar-refractivity contribution in [3.8, 4) is 5.75 Å². The van der Waals surface area contributed by atoms with Gasteiger partial charge in [-0.15, -0.1) is 13.2 Å². The summed E-state index contributed by atoms with van der Waals surface area (Å²) >= 11 is 0. The van der Waals surface area contributed by atoms with E-state index in [1.807, 2.05) is 38.4 Å². The Morgan fingerprint density at radius 2 is 1.76 bits per heavy atom. The van der Waals surface area contributed by atoms with Crippen molar-refractivity contribution in [1.29, 1.82) is 0 Å². The molecule has 0 bridgehead atoms. The Morgan fingerprint density at radius 1 is 1.03 bits per heavy atom. The third-order valence-corrected chi connectivity index (χ3v) is 7.99. The van der Waals surface area contributed by atoms with Gasteiger partial charge in [0.25, 0.3) is 0 Å². The number of para-hydroxylation sites is 1. The predicted molar refractivity (Wildman–Crippen MR) is 138 cm³/mol. The van der Waals surface area contributed by atoms with Gasteiger partial charge in [0.1, 0.15) is 17.4 Å². The van der Waals surface area contributed by atoms with Crippen molar-refractivity contribution < 1.29 is 26.3 Å². The summed E-state index contributed by atoms with van der Waals surface area (Å²) in [7, 11) is 0.0844. The second-order valence-corrected chi connectivity index (χ2v) is 11.2. The third-order valence-electron chi connectivity index (χ3n) is 6.10. The molecule has 13 heteroatoms. The zero-order chi connectivity index (χ0) is 27.3. The number of anilines is 1. The molecule has 1 saturated heterocycles. The quantitative estimate of drug-likeness (QED) is 0.383. The number of aromatic nitrogens is 2. The molecule has 1 aliphatic heterocycles. The Hall–Kier alpha value is -3.00. The third kappa shape index (κ3) is 7.31. The van der Waals surface area contributed by atoms with Gasteiger partial charge in [0.2, 0.25) is 10.0 Å². The van der Waals surface area contributed by atoms with Gasteiger partial charge in [-0.3, -0.25) is 4.90 Å². The summed E-state index contributed by atoms with van der Waals surface area (Å²) in [4.78, 5) is 13.4. The van der Waals surface area contributed by atoms with Crippen LogP contribution in [0.5, 0.6) is 5.75 Å². The molecule has 9 nitrogen and oxygen atoms in total. The minimum atomic E-state index is -4.90. The molecular weight excluding hydrogens is 521 g/mol. The largest absolute Gasteiger partial charge is 0.573 e. The topological polar surface area (TPSA) is 90.9 Å². The van der Waals surface area contributed by atoms with Gasteiger partial charge in [-0.05, 0) is 51.3 Å². The Morgan fingerprint density at radius 3 is 2.47 bits per heavy atom. The molecule has 2 aromatic carbocycles. The van der Waals surface area contributed by atoms with Crippen LogP contribution in [0.4, 0.5) is 19.0 Å². The summed E-state index contributed by atoms with van der Waals surface area (Å²) in [6.45, 7) is 3.41. The first-order chi connectivity index (χ1) is 18.0. The monoisotopic (exact) mass is 552 g/mol. The van der Waals surface area contributed by atoms with Crippen LogP contribution in [0.1, 0.15) is 12.2 Å². The Balaban J connectivity index is 1.41. The highest BCUT2D eigenvalue weighted by Gasteiger charge is 2.33. The highest BCUT2D eigenvalue weighted by molar-refractivity contribution is 7.89. The van der Waals surface area contributed by atoms with Crippen molar-refractivity contribution in [3.05, 3.63) is 54.4 Å². The molecular formula is C25H31F3N6O3S.